The van der Waals surface area contributed by atoms with Crippen LogP contribution in [0, 0.1) is 11.8 Å². The number of amides is 1. The minimum Gasteiger partial charge on any atom is -0.493 e. The number of piperidine rings is 1. The predicted octanol–water partition coefficient (Wildman–Crippen LogP) is 4.30. The maximum Gasteiger partial charge on any atom is 0.328 e. The van der Waals surface area contributed by atoms with E-state index >= 15 is 0 Å². The molecular formula is C33H42N2O7. The summed E-state index contributed by atoms with van der Waals surface area (Å²) in [5, 5.41) is 9.26. The molecule has 0 aromatic heterocycles. The number of aliphatic carboxylic acids is 1. The van der Waals surface area contributed by atoms with Gasteiger partial charge in [0, 0.05) is 43.9 Å². The van der Waals surface area contributed by atoms with E-state index < -0.39 is 5.97 Å². The number of carbonyl (C=O) groups is 2. The first-order valence-corrected chi connectivity index (χ1v) is 14.8. The van der Waals surface area contributed by atoms with Crippen molar-refractivity contribution in [3.63, 3.8) is 0 Å². The maximum absolute atomic E-state index is 13.6. The molecule has 3 aliphatic heterocycles. The first-order chi connectivity index (χ1) is 20.3. The summed E-state index contributed by atoms with van der Waals surface area (Å²) in [4.78, 5) is 29.4. The van der Waals surface area contributed by atoms with Crippen molar-refractivity contribution in [2.24, 2.45) is 11.8 Å². The molecule has 0 bridgehead atoms. The second-order valence-corrected chi connectivity index (χ2v) is 11.4. The summed E-state index contributed by atoms with van der Waals surface area (Å²) in [6.07, 6.45) is 6.30. The molecule has 3 aliphatic rings. The van der Waals surface area contributed by atoms with Gasteiger partial charge in [0.05, 0.1) is 28.4 Å². The fraction of sp³-hybridized carbons (Fsp3) is 0.515. The average molecular weight is 579 g/mol. The van der Waals surface area contributed by atoms with Gasteiger partial charge in [-0.25, -0.2) is 4.79 Å². The molecule has 9 nitrogen and oxygen atoms in total. The Morgan fingerprint density at radius 2 is 1.45 bits per heavy atom. The number of hydrogen-bond donors (Lipinski definition) is 1. The highest BCUT2D eigenvalue weighted by Gasteiger charge is 2.44. The highest BCUT2D eigenvalue weighted by molar-refractivity contribution is 5.94. The van der Waals surface area contributed by atoms with Crippen LogP contribution in [0.3, 0.4) is 0 Å². The van der Waals surface area contributed by atoms with E-state index in [9.17, 15) is 14.7 Å². The Morgan fingerprint density at radius 1 is 0.857 bits per heavy atom. The van der Waals surface area contributed by atoms with Crippen LogP contribution >= 0.6 is 0 Å². The second kappa shape index (κ2) is 12.7. The molecule has 4 unspecified atom stereocenters. The highest BCUT2D eigenvalue weighted by atomic mass is 16.5. The van der Waals surface area contributed by atoms with Gasteiger partial charge in [0.1, 0.15) is 0 Å². The van der Waals surface area contributed by atoms with Crippen LogP contribution in [-0.4, -0.2) is 80.9 Å². The van der Waals surface area contributed by atoms with E-state index in [1.807, 2.05) is 17.0 Å². The predicted molar refractivity (Wildman–Crippen MR) is 159 cm³/mol. The summed E-state index contributed by atoms with van der Waals surface area (Å²) in [6, 6.07) is 8.40. The lowest BCUT2D eigenvalue weighted by atomic mass is 9.71. The normalized spacial score (nSPS) is 23.8. The van der Waals surface area contributed by atoms with Crippen LogP contribution in [0.5, 0.6) is 23.0 Å². The van der Waals surface area contributed by atoms with Crippen LogP contribution in [0.2, 0.25) is 0 Å². The number of methoxy groups -OCH3 is 4. The lowest BCUT2D eigenvalue weighted by Crippen LogP contribution is -2.54. The Bertz CT molecular complexity index is 1360. The van der Waals surface area contributed by atoms with E-state index in [0.29, 0.717) is 36.8 Å². The molecule has 2 aromatic rings. The van der Waals surface area contributed by atoms with Gasteiger partial charge in [-0.1, -0.05) is 13.3 Å². The average Bonchev–Trinajstić information content (AvgIpc) is 3.20. The molecular weight excluding hydrogens is 536 g/mol. The number of carbonyl (C=O) groups excluding carboxylic acids is 1. The number of nitrogens with zero attached hydrogens (tertiary/aromatic N) is 2. The van der Waals surface area contributed by atoms with Gasteiger partial charge in [0.2, 0.25) is 5.91 Å². The molecule has 42 heavy (non-hydrogen) atoms. The van der Waals surface area contributed by atoms with E-state index in [-0.39, 0.29) is 23.9 Å². The SMILES string of the molecule is CCC1CN2CCc3cc(OC)c(OC)cc3C2CC1C1Cc2cc(OC)c(OC)cc2CCN1C(=O)/C=C\C(=O)O. The van der Waals surface area contributed by atoms with Crippen LogP contribution < -0.4 is 18.9 Å². The third-order valence-corrected chi connectivity index (χ3v) is 9.51. The number of rotatable bonds is 8. The number of ether oxygens (including phenoxy) is 4. The minimum atomic E-state index is -1.13. The minimum absolute atomic E-state index is 0.104. The summed E-state index contributed by atoms with van der Waals surface area (Å²) in [5.74, 6) is 2.01. The van der Waals surface area contributed by atoms with Gasteiger partial charge in [0.15, 0.2) is 23.0 Å². The fourth-order valence-electron chi connectivity index (χ4n) is 7.39. The van der Waals surface area contributed by atoms with Crippen LogP contribution in [-0.2, 0) is 28.9 Å². The van der Waals surface area contributed by atoms with E-state index in [1.54, 1.807) is 28.4 Å². The molecule has 1 fully saturated rings. The summed E-state index contributed by atoms with van der Waals surface area (Å²) in [5.41, 5.74) is 4.81. The van der Waals surface area contributed by atoms with Crippen molar-refractivity contribution in [3.05, 3.63) is 58.7 Å². The molecule has 226 valence electrons. The molecule has 0 radical (unpaired) electrons. The molecule has 1 saturated heterocycles. The van der Waals surface area contributed by atoms with Crippen LogP contribution in [0.1, 0.15) is 48.1 Å². The zero-order valence-corrected chi connectivity index (χ0v) is 25.2. The van der Waals surface area contributed by atoms with Crippen molar-refractivity contribution < 1.29 is 33.6 Å². The molecule has 1 N–H and O–H groups in total. The number of carboxylic acid groups (broad SMARTS) is 1. The molecule has 1 amide bonds. The topological polar surface area (TPSA) is 97.8 Å². The summed E-state index contributed by atoms with van der Waals surface area (Å²) in [6.45, 7) is 4.66. The largest absolute Gasteiger partial charge is 0.493 e. The molecule has 4 atom stereocenters. The molecule has 2 aromatic carbocycles. The van der Waals surface area contributed by atoms with E-state index in [1.165, 1.54) is 17.2 Å². The number of carboxylic acids is 1. The van der Waals surface area contributed by atoms with Crippen molar-refractivity contribution >= 4 is 11.9 Å². The van der Waals surface area contributed by atoms with Gasteiger partial charge in [-0.2, -0.15) is 0 Å². The van der Waals surface area contributed by atoms with E-state index in [4.69, 9.17) is 18.9 Å². The van der Waals surface area contributed by atoms with Gasteiger partial charge in [-0.15, -0.1) is 0 Å². The number of fused-ring (bicyclic) bond motifs is 4. The zero-order valence-electron chi connectivity index (χ0n) is 25.2. The Balaban J connectivity index is 1.56. The molecule has 5 rings (SSSR count). The lowest BCUT2D eigenvalue weighted by Gasteiger charge is -2.50. The monoisotopic (exact) mass is 578 g/mol. The molecule has 0 aliphatic carbocycles. The smallest absolute Gasteiger partial charge is 0.328 e. The Kier molecular flexibility index (Phi) is 8.96. The summed E-state index contributed by atoms with van der Waals surface area (Å²) in [7, 11) is 6.60. The standard InChI is InChI=1S/C33H42N2O7/c1-6-20-19-34-11-9-22-15-29(40-3)31(42-5)18-25(22)26(34)17-24(20)27-13-23-16-30(41-4)28(39-2)14-21(23)10-12-35(27)32(36)7-8-33(37)38/h7-8,14-16,18,20,24,26-27H,6,9-13,17,19H2,1-5H3,(H,37,38)/b8-7-. The van der Waals surface area contributed by atoms with Gasteiger partial charge < -0.3 is 29.0 Å². The second-order valence-electron chi connectivity index (χ2n) is 11.4. The van der Waals surface area contributed by atoms with Gasteiger partial charge in [-0.3, -0.25) is 9.69 Å². The number of hydrogen-bond acceptors (Lipinski definition) is 7. The van der Waals surface area contributed by atoms with Crippen molar-refractivity contribution in [2.75, 3.05) is 48.1 Å². The Labute approximate surface area is 248 Å². The first-order valence-electron chi connectivity index (χ1n) is 14.8. The summed E-state index contributed by atoms with van der Waals surface area (Å²) < 4.78 is 22.5. The third-order valence-electron chi connectivity index (χ3n) is 9.51. The van der Waals surface area contributed by atoms with E-state index in [2.05, 4.69) is 24.0 Å². The van der Waals surface area contributed by atoms with Gasteiger partial charge >= 0.3 is 5.97 Å². The summed E-state index contributed by atoms with van der Waals surface area (Å²) >= 11 is 0. The fourth-order valence-corrected chi connectivity index (χ4v) is 7.39. The van der Waals surface area contributed by atoms with Gasteiger partial charge in [0.25, 0.3) is 0 Å². The van der Waals surface area contributed by atoms with Crippen LogP contribution in [0.15, 0.2) is 36.4 Å². The Morgan fingerprint density at radius 3 is 2.07 bits per heavy atom. The quantitative estimate of drug-likeness (QED) is 0.463. The van der Waals surface area contributed by atoms with Crippen LogP contribution in [0.25, 0.3) is 0 Å². The molecule has 0 saturated carbocycles. The molecule has 0 spiro atoms. The van der Waals surface area contributed by atoms with Crippen molar-refractivity contribution in [1.82, 2.24) is 9.80 Å². The van der Waals surface area contributed by atoms with Gasteiger partial charge in [-0.05, 0) is 84.0 Å². The first kappa shape index (κ1) is 29.8. The van der Waals surface area contributed by atoms with Crippen LogP contribution in [0.4, 0.5) is 0 Å². The number of benzene rings is 2. The molecule has 3 heterocycles. The lowest BCUT2D eigenvalue weighted by molar-refractivity contribution is -0.133. The molecule has 9 heteroatoms. The Hall–Kier alpha value is -3.72. The zero-order chi connectivity index (χ0) is 30.0. The van der Waals surface area contributed by atoms with Crippen molar-refractivity contribution in [1.29, 1.82) is 0 Å². The van der Waals surface area contributed by atoms with Crippen molar-refractivity contribution in [2.45, 2.75) is 51.1 Å². The maximum atomic E-state index is 13.6. The third kappa shape index (κ3) is 5.67. The highest BCUT2D eigenvalue weighted by Crippen LogP contribution is 2.47. The van der Waals surface area contributed by atoms with Crippen molar-refractivity contribution in [3.8, 4) is 23.0 Å². The van der Waals surface area contributed by atoms with E-state index in [0.717, 1.165) is 61.1 Å².